The molecule has 0 heterocycles. The first kappa shape index (κ1) is 12.3. The minimum atomic E-state index is -0.452. The molecule has 0 radical (unpaired) electrons. The summed E-state index contributed by atoms with van der Waals surface area (Å²) in [6.07, 6.45) is 0. The normalized spacial score (nSPS) is 9.56. The first-order valence-electron chi connectivity index (χ1n) is 5.17. The Morgan fingerprint density at radius 3 is 2.67 bits per heavy atom. The molecule has 2 aromatic carbocycles. The van der Waals surface area contributed by atoms with E-state index < -0.39 is 5.97 Å². The summed E-state index contributed by atoms with van der Waals surface area (Å²) in [6.45, 7) is 0. The Morgan fingerprint density at radius 1 is 1.17 bits per heavy atom. The van der Waals surface area contributed by atoms with Crippen molar-refractivity contribution in [2.24, 2.45) is 0 Å². The van der Waals surface area contributed by atoms with Gasteiger partial charge in [-0.05, 0) is 36.4 Å². The van der Waals surface area contributed by atoms with Crippen LogP contribution in [0.3, 0.4) is 0 Å². The predicted molar refractivity (Wildman–Crippen MR) is 70.3 cm³/mol. The third kappa shape index (κ3) is 2.96. The molecular formula is C14H8BrNO2. The van der Waals surface area contributed by atoms with Gasteiger partial charge in [0.05, 0.1) is 17.2 Å². The van der Waals surface area contributed by atoms with Crippen molar-refractivity contribution >= 4 is 21.9 Å². The van der Waals surface area contributed by atoms with E-state index >= 15 is 0 Å². The average molecular weight is 302 g/mol. The van der Waals surface area contributed by atoms with Crippen LogP contribution in [0.5, 0.6) is 5.75 Å². The van der Waals surface area contributed by atoms with Crippen LogP contribution in [-0.2, 0) is 0 Å². The Morgan fingerprint density at radius 2 is 1.94 bits per heavy atom. The van der Waals surface area contributed by atoms with Crippen molar-refractivity contribution in [2.75, 3.05) is 0 Å². The van der Waals surface area contributed by atoms with Gasteiger partial charge in [-0.1, -0.05) is 28.1 Å². The van der Waals surface area contributed by atoms with Gasteiger partial charge >= 0.3 is 5.97 Å². The number of benzene rings is 2. The summed E-state index contributed by atoms with van der Waals surface area (Å²) < 4.78 is 6.00. The fraction of sp³-hybridized carbons (Fsp3) is 0. The number of carbonyl (C=O) groups is 1. The molecular weight excluding hydrogens is 294 g/mol. The van der Waals surface area contributed by atoms with Gasteiger partial charge in [-0.25, -0.2) is 4.79 Å². The average Bonchev–Trinajstić information content (AvgIpc) is 2.39. The Kier molecular flexibility index (Phi) is 3.75. The molecule has 0 aliphatic rings. The van der Waals surface area contributed by atoms with Crippen molar-refractivity contribution in [3.05, 3.63) is 64.1 Å². The van der Waals surface area contributed by atoms with E-state index in [1.807, 2.05) is 12.1 Å². The van der Waals surface area contributed by atoms with Crippen LogP contribution < -0.4 is 4.74 Å². The SMILES string of the molecule is N#Cc1cccc(OC(=O)c2cccc(Br)c2)c1. The minimum absolute atomic E-state index is 0.360. The molecule has 0 aliphatic heterocycles. The number of nitrogens with zero attached hydrogens (tertiary/aromatic N) is 1. The van der Waals surface area contributed by atoms with E-state index in [-0.39, 0.29) is 0 Å². The van der Waals surface area contributed by atoms with Crippen LogP contribution in [0, 0.1) is 11.3 Å². The largest absolute Gasteiger partial charge is 0.423 e. The lowest BCUT2D eigenvalue weighted by Crippen LogP contribution is -2.08. The number of hydrogen-bond donors (Lipinski definition) is 0. The van der Waals surface area contributed by atoms with Crippen LogP contribution in [-0.4, -0.2) is 5.97 Å². The second kappa shape index (κ2) is 5.48. The van der Waals surface area contributed by atoms with Crippen molar-refractivity contribution in [1.29, 1.82) is 5.26 Å². The predicted octanol–water partition coefficient (Wildman–Crippen LogP) is 3.54. The van der Waals surface area contributed by atoms with Gasteiger partial charge in [0.2, 0.25) is 0 Å². The molecule has 0 atom stereocenters. The van der Waals surface area contributed by atoms with E-state index in [1.165, 1.54) is 6.07 Å². The number of nitriles is 1. The molecule has 2 aromatic rings. The van der Waals surface area contributed by atoms with E-state index in [0.717, 1.165) is 4.47 Å². The maximum absolute atomic E-state index is 11.8. The van der Waals surface area contributed by atoms with Crippen molar-refractivity contribution in [3.8, 4) is 11.8 Å². The van der Waals surface area contributed by atoms with Crippen molar-refractivity contribution < 1.29 is 9.53 Å². The quantitative estimate of drug-likeness (QED) is 0.630. The summed E-state index contributed by atoms with van der Waals surface area (Å²) in [5.74, 6) is -0.0922. The lowest BCUT2D eigenvalue weighted by Gasteiger charge is -2.04. The number of carbonyl (C=O) groups excluding carboxylic acids is 1. The number of rotatable bonds is 2. The second-order valence-electron chi connectivity index (χ2n) is 3.54. The highest BCUT2D eigenvalue weighted by Gasteiger charge is 2.08. The van der Waals surface area contributed by atoms with E-state index in [4.69, 9.17) is 10.00 Å². The van der Waals surface area contributed by atoms with Crippen LogP contribution in [0.2, 0.25) is 0 Å². The van der Waals surface area contributed by atoms with Crippen LogP contribution in [0.4, 0.5) is 0 Å². The van der Waals surface area contributed by atoms with E-state index in [0.29, 0.717) is 16.9 Å². The molecule has 2 rings (SSSR count). The van der Waals surface area contributed by atoms with Crippen molar-refractivity contribution in [3.63, 3.8) is 0 Å². The van der Waals surface area contributed by atoms with Gasteiger partial charge in [0.25, 0.3) is 0 Å². The molecule has 0 saturated heterocycles. The van der Waals surface area contributed by atoms with E-state index in [9.17, 15) is 4.79 Å². The standard InChI is InChI=1S/C14H8BrNO2/c15-12-5-2-4-11(8-12)14(17)18-13-6-1-3-10(7-13)9-16/h1-8H. The summed E-state index contributed by atoms with van der Waals surface area (Å²) in [4.78, 5) is 11.8. The zero-order valence-electron chi connectivity index (χ0n) is 9.26. The Balaban J connectivity index is 2.19. The highest BCUT2D eigenvalue weighted by atomic mass is 79.9. The second-order valence-corrected chi connectivity index (χ2v) is 4.46. The van der Waals surface area contributed by atoms with Gasteiger partial charge in [0, 0.05) is 4.47 Å². The van der Waals surface area contributed by atoms with Crippen LogP contribution in [0.15, 0.2) is 53.0 Å². The summed E-state index contributed by atoms with van der Waals surface area (Å²) in [5.41, 5.74) is 0.904. The van der Waals surface area contributed by atoms with Gasteiger partial charge in [0.1, 0.15) is 5.75 Å². The van der Waals surface area contributed by atoms with Gasteiger partial charge in [-0.3, -0.25) is 0 Å². The summed E-state index contributed by atoms with van der Waals surface area (Å²) >= 11 is 3.29. The molecule has 0 bridgehead atoms. The maximum Gasteiger partial charge on any atom is 0.343 e. The van der Waals surface area contributed by atoms with Gasteiger partial charge in [-0.2, -0.15) is 5.26 Å². The fourth-order valence-electron chi connectivity index (χ4n) is 1.41. The van der Waals surface area contributed by atoms with Gasteiger partial charge < -0.3 is 4.74 Å². The van der Waals surface area contributed by atoms with Crippen molar-refractivity contribution in [2.45, 2.75) is 0 Å². The smallest absolute Gasteiger partial charge is 0.343 e. The zero-order chi connectivity index (χ0) is 13.0. The van der Waals surface area contributed by atoms with Crippen LogP contribution in [0.1, 0.15) is 15.9 Å². The van der Waals surface area contributed by atoms with Gasteiger partial charge in [0.15, 0.2) is 0 Å². The molecule has 0 saturated carbocycles. The lowest BCUT2D eigenvalue weighted by molar-refractivity contribution is 0.0734. The first-order chi connectivity index (χ1) is 8.69. The number of halogens is 1. The molecule has 88 valence electrons. The maximum atomic E-state index is 11.8. The molecule has 0 amide bonds. The number of hydrogen-bond acceptors (Lipinski definition) is 3. The summed E-state index contributed by atoms with van der Waals surface area (Å²) in [5, 5.41) is 8.75. The fourth-order valence-corrected chi connectivity index (χ4v) is 1.81. The third-order valence-corrected chi connectivity index (χ3v) is 2.73. The van der Waals surface area contributed by atoms with Crippen molar-refractivity contribution in [1.82, 2.24) is 0 Å². The Labute approximate surface area is 113 Å². The van der Waals surface area contributed by atoms with E-state index in [1.54, 1.807) is 36.4 Å². The molecule has 0 aromatic heterocycles. The lowest BCUT2D eigenvalue weighted by atomic mass is 10.2. The summed E-state index contributed by atoms with van der Waals surface area (Å²) in [6, 6.07) is 15.4. The van der Waals surface area contributed by atoms with E-state index in [2.05, 4.69) is 15.9 Å². The molecule has 0 aliphatic carbocycles. The summed E-state index contributed by atoms with van der Waals surface area (Å²) in [7, 11) is 0. The highest BCUT2D eigenvalue weighted by Crippen LogP contribution is 2.16. The number of ether oxygens (including phenoxy) is 1. The van der Waals surface area contributed by atoms with Crippen LogP contribution in [0.25, 0.3) is 0 Å². The third-order valence-electron chi connectivity index (χ3n) is 2.23. The molecule has 4 heteroatoms. The molecule has 18 heavy (non-hydrogen) atoms. The van der Waals surface area contributed by atoms with Crippen LogP contribution >= 0.6 is 15.9 Å². The molecule has 0 N–H and O–H groups in total. The molecule has 0 fully saturated rings. The topological polar surface area (TPSA) is 50.1 Å². The first-order valence-corrected chi connectivity index (χ1v) is 5.96. The minimum Gasteiger partial charge on any atom is -0.423 e. The molecule has 3 nitrogen and oxygen atoms in total. The zero-order valence-corrected chi connectivity index (χ0v) is 10.8. The molecule has 0 unspecified atom stereocenters. The molecule has 0 spiro atoms. The Hall–Kier alpha value is -2.12. The Bertz CT molecular complexity index is 632. The van der Waals surface area contributed by atoms with Gasteiger partial charge in [-0.15, -0.1) is 0 Å². The number of esters is 1. The monoisotopic (exact) mass is 301 g/mol. The highest BCUT2D eigenvalue weighted by molar-refractivity contribution is 9.10.